The molecular formula is C74H125NO18. The summed E-state index contributed by atoms with van der Waals surface area (Å²) in [6, 6.07) is -0.979. The predicted octanol–water partition coefficient (Wildman–Crippen LogP) is 9.83. The Labute approximate surface area is 557 Å². The van der Waals surface area contributed by atoms with E-state index in [0.29, 0.717) is 6.42 Å². The van der Waals surface area contributed by atoms with Crippen LogP contribution < -0.4 is 5.32 Å². The number of hydrogen-bond donors (Lipinski definition) is 12. The molecule has 534 valence electrons. The fraction of sp³-hybridized carbons (Fsp3) is 0.743. The maximum absolute atomic E-state index is 13.4. The van der Waals surface area contributed by atoms with Gasteiger partial charge in [0, 0.05) is 6.42 Å². The number of allylic oxidation sites excluding steroid dienone is 17. The molecule has 17 atom stereocenters. The van der Waals surface area contributed by atoms with Crippen LogP contribution in [0.15, 0.2) is 109 Å². The van der Waals surface area contributed by atoms with E-state index in [2.05, 4.69) is 116 Å². The van der Waals surface area contributed by atoms with Gasteiger partial charge in [-0.25, -0.2) is 0 Å². The van der Waals surface area contributed by atoms with Crippen molar-refractivity contribution in [2.75, 3.05) is 26.4 Å². The maximum Gasteiger partial charge on any atom is 0.220 e. The number of aliphatic hydroxyl groups is 11. The molecule has 0 saturated carbocycles. The first kappa shape index (κ1) is 83.7. The van der Waals surface area contributed by atoms with Gasteiger partial charge in [0.05, 0.1) is 38.6 Å². The number of carbonyl (C=O) groups excluding carboxylic acids is 1. The Morgan fingerprint density at radius 2 is 0.742 bits per heavy atom. The highest BCUT2D eigenvalue weighted by atomic mass is 16.8. The highest BCUT2D eigenvalue weighted by Crippen LogP contribution is 2.33. The lowest BCUT2D eigenvalue weighted by Crippen LogP contribution is -2.66. The van der Waals surface area contributed by atoms with E-state index < -0.39 is 124 Å². The fourth-order valence-corrected chi connectivity index (χ4v) is 11.3. The molecule has 1 amide bonds. The largest absolute Gasteiger partial charge is 0.394 e. The Morgan fingerprint density at radius 1 is 0.398 bits per heavy atom. The standard InChI is InChI=1S/C74H125NO18/c1-3-5-7-9-11-13-15-16-17-18-19-20-21-22-23-24-25-26-27-28-29-30-31-32-33-34-35-36-37-38-39-40-42-44-46-48-50-52-62(80)75-57(58(79)51-49-47-45-43-41-14-12-10-8-6-4-2)56-88-72-68(86)65(83)70(60(54-77)90-72)93-74-69(87)66(84)71(61(55-78)91-74)92-73-67(85)64(82)63(81)59(53-76)89-73/h5,7,11,13,16-17,19-20,22-23,25-26,28-29,31-32,49,51,57-61,63-74,76-79,81-87H,3-4,6,8-10,12,14-15,18,21,24,27,30,33-48,50,52-56H2,1-2H3,(H,75,80)/b7-5-,13-11-,17-16-,20-19-,23-22-,26-25-,29-28-,32-31-,51-49+. The zero-order valence-electron chi connectivity index (χ0n) is 56.4. The van der Waals surface area contributed by atoms with Crippen LogP contribution in [-0.2, 0) is 33.2 Å². The lowest BCUT2D eigenvalue weighted by Gasteiger charge is -2.48. The van der Waals surface area contributed by atoms with Crippen LogP contribution in [0.25, 0.3) is 0 Å². The Kier molecular flexibility index (Phi) is 49.0. The van der Waals surface area contributed by atoms with Crippen molar-refractivity contribution in [1.29, 1.82) is 0 Å². The first-order valence-corrected chi connectivity index (χ1v) is 35.6. The zero-order chi connectivity index (χ0) is 67.5. The zero-order valence-corrected chi connectivity index (χ0v) is 56.4. The van der Waals surface area contributed by atoms with Crippen LogP contribution in [0.1, 0.15) is 219 Å². The summed E-state index contributed by atoms with van der Waals surface area (Å²) in [6.45, 7) is 1.58. The van der Waals surface area contributed by atoms with E-state index in [1.165, 1.54) is 83.5 Å². The average Bonchev–Trinajstić information content (AvgIpc) is 0.805. The third-order valence-corrected chi connectivity index (χ3v) is 17.1. The molecular weight excluding hydrogens is 1190 g/mol. The van der Waals surface area contributed by atoms with Gasteiger partial charge < -0.3 is 89.9 Å². The second-order valence-electron chi connectivity index (χ2n) is 25.0. The van der Waals surface area contributed by atoms with Crippen molar-refractivity contribution < 1.29 is 89.4 Å². The predicted molar refractivity (Wildman–Crippen MR) is 364 cm³/mol. The molecule has 3 aliphatic heterocycles. The molecule has 0 bridgehead atoms. The Hall–Kier alpha value is -3.55. The molecule has 0 aromatic carbocycles. The lowest BCUT2D eigenvalue weighted by molar-refractivity contribution is -0.379. The quantitative estimate of drug-likeness (QED) is 0.0199. The average molecular weight is 1320 g/mol. The summed E-state index contributed by atoms with van der Waals surface area (Å²) >= 11 is 0. The Balaban J connectivity index is 1.33. The topological polar surface area (TPSA) is 307 Å². The summed E-state index contributed by atoms with van der Waals surface area (Å²) in [5.41, 5.74) is 0. The monoisotopic (exact) mass is 1320 g/mol. The van der Waals surface area contributed by atoms with Crippen LogP contribution in [0, 0.1) is 0 Å². The number of ether oxygens (including phenoxy) is 6. The van der Waals surface area contributed by atoms with Gasteiger partial charge in [0.2, 0.25) is 5.91 Å². The van der Waals surface area contributed by atoms with Crippen molar-refractivity contribution in [2.24, 2.45) is 0 Å². The van der Waals surface area contributed by atoms with Crippen LogP contribution in [0.4, 0.5) is 0 Å². The molecule has 0 radical (unpaired) electrons. The Morgan fingerprint density at radius 3 is 1.16 bits per heavy atom. The molecule has 3 aliphatic rings. The molecule has 17 unspecified atom stereocenters. The van der Waals surface area contributed by atoms with Crippen LogP contribution in [0.3, 0.4) is 0 Å². The minimum atomic E-state index is -1.98. The van der Waals surface area contributed by atoms with Crippen molar-refractivity contribution in [3.63, 3.8) is 0 Å². The van der Waals surface area contributed by atoms with E-state index in [4.69, 9.17) is 28.4 Å². The molecule has 0 aromatic rings. The third-order valence-electron chi connectivity index (χ3n) is 17.1. The van der Waals surface area contributed by atoms with Gasteiger partial charge in [-0.05, 0) is 83.5 Å². The van der Waals surface area contributed by atoms with E-state index in [1.807, 2.05) is 6.08 Å². The van der Waals surface area contributed by atoms with Gasteiger partial charge in [-0.15, -0.1) is 0 Å². The van der Waals surface area contributed by atoms with Crippen LogP contribution in [0.2, 0.25) is 0 Å². The molecule has 12 N–H and O–H groups in total. The number of carbonyl (C=O) groups is 1. The molecule has 0 aliphatic carbocycles. The van der Waals surface area contributed by atoms with Crippen molar-refractivity contribution in [3.05, 3.63) is 109 Å². The number of aliphatic hydroxyl groups excluding tert-OH is 11. The van der Waals surface area contributed by atoms with Crippen LogP contribution in [0.5, 0.6) is 0 Å². The third kappa shape index (κ3) is 36.0. The summed E-state index contributed by atoms with van der Waals surface area (Å²) in [5, 5.41) is 120. The highest BCUT2D eigenvalue weighted by molar-refractivity contribution is 5.76. The molecule has 3 fully saturated rings. The summed E-state index contributed by atoms with van der Waals surface area (Å²) in [5.74, 6) is -0.284. The summed E-state index contributed by atoms with van der Waals surface area (Å²) in [7, 11) is 0. The van der Waals surface area contributed by atoms with Gasteiger partial charge in [-0.2, -0.15) is 0 Å². The van der Waals surface area contributed by atoms with Gasteiger partial charge in [-0.1, -0.05) is 239 Å². The second kappa shape index (κ2) is 54.5. The normalized spacial score (nSPS) is 28.2. The molecule has 0 spiro atoms. The number of rotatable bonds is 53. The molecule has 19 nitrogen and oxygen atoms in total. The molecule has 3 heterocycles. The van der Waals surface area contributed by atoms with E-state index in [0.717, 1.165) is 109 Å². The minimum absolute atomic E-state index is 0.234. The first-order chi connectivity index (χ1) is 45.3. The second-order valence-corrected chi connectivity index (χ2v) is 25.0. The fourth-order valence-electron chi connectivity index (χ4n) is 11.3. The number of unbranched alkanes of at least 4 members (excludes halogenated alkanes) is 21. The number of amides is 1. The van der Waals surface area contributed by atoms with E-state index in [9.17, 15) is 61.0 Å². The van der Waals surface area contributed by atoms with E-state index >= 15 is 0 Å². The van der Waals surface area contributed by atoms with Crippen LogP contribution in [-0.4, -0.2) is 193 Å². The summed E-state index contributed by atoms with van der Waals surface area (Å²) < 4.78 is 34.3. The number of hydrogen-bond acceptors (Lipinski definition) is 18. The van der Waals surface area contributed by atoms with Gasteiger partial charge >= 0.3 is 0 Å². The van der Waals surface area contributed by atoms with Gasteiger partial charge in [0.25, 0.3) is 0 Å². The highest BCUT2D eigenvalue weighted by Gasteiger charge is 2.53. The van der Waals surface area contributed by atoms with Crippen LogP contribution >= 0.6 is 0 Å². The Bertz CT molecular complexity index is 2110. The van der Waals surface area contributed by atoms with Crippen molar-refractivity contribution >= 4 is 5.91 Å². The van der Waals surface area contributed by atoms with Crippen molar-refractivity contribution in [1.82, 2.24) is 5.32 Å². The molecule has 0 aromatic heterocycles. The summed E-state index contributed by atoms with van der Waals surface area (Å²) in [6.07, 6.45) is 46.6. The van der Waals surface area contributed by atoms with Gasteiger partial charge in [-0.3, -0.25) is 4.79 Å². The molecule has 3 rings (SSSR count). The smallest absolute Gasteiger partial charge is 0.220 e. The molecule has 19 heteroatoms. The first-order valence-electron chi connectivity index (χ1n) is 35.6. The molecule has 3 saturated heterocycles. The van der Waals surface area contributed by atoms with Crippen molar-refractivity contribution in [3.8, 4) is 0 Å². The lowest BCUT2D eigenvalue weighted by atomic mass is 9.96. The minimum Gasteiger partial charge on any atom is -0.394 e. The van der Waals surface area contributed by atoms with E-state index in [1.54, 1.807) is 6.08 Å². The van der Waals surface area contributed by atoms with Crippen molar-refractivity contribution in [2.45, 2.75) is 324 Å². The number of nitrogens with one attached hydrogen (secondary N) is 1. The maximum atomic E-state index is 13.4. The summed E-state index contributed by atoms with van der Waals surface area (Å²) in [4.78, 5) is 13.4. The molecule has 93 heavy (non-hydrogen) atoms. The van der Waals surface area contributed by atoms with Gasteiger partial charge in [0.15, 0.2) is 18.9 Å². The SMILES string of the molecule is CC/C=C\C/C=C\C/C=C\C/C=C\C/C=C\C/C=C\C/C=C\C/C=C\CCCCCCCCCCCCCCC(=O)NC(COC1OC(CO)C(OC2OC(CO)C(OC3OC(CO)C(O)C(O)C3O)C(O)C2O)C(O)C1O)C(O)/C=C/CCCCCCCCCCC. The van der Waals surface area contributed by atoms with Gasteiger partial charge in [0.1, 0.15) is 73.2 Å². The van der Waals surface area contributed by atoms with E-state index in [-0.39, 0.29) is 18.9 Å².